The Morgan fingerprint density at radius 1 is 1.00 bits per heavy atom. The van der Waals surface area contributed by atoms with Gasteiger partial charge < -0.3 is 10.1 Å². The number of anilines is 2. The summed E-state index contributed by atoms with van der Waals surface area (Å²) in [6, 6.07) is 18.5. The maximum absolute atomic E-state index is 5.51. The molecule has 0 aliphatic rings. The number of hydrogen-bond acceptors (Lipinski definition) is 5. The second-order valence-corrected chi connectivity index (χ2v) is 7.79. The Labute approximate surface area is 162 Å². The topological polar surface area (TPSA) is 47.0 Å². The molecule has 136 valence electrons. The van der Waals surface area contributed by atoms with Crippen LogP contribution < -0.4 is 10.1 Å². The lowest BCUT2D eigenvalue weighted by Gasteiger charge is -2.13. The van der Waals surface area contributed by atoms with Crippen LogP contribution in [-0.4, -0.2) is 17.1 Å². The highest BCUT2D eigenvalue weighted by molar-refractivity contribution is 7.18. The Hall–Kier alpha value is -2.92. The molecule has 27 heavy (non-hydrogen) atoms. The highest BCUT2D eigenvalue weighted by Crippen LogP contribution is 2.34. The molecular weight excluding hydrogens is 354 g/mol. The summed E-state index contributed by atoms with van der Waals surface area (Å²) < 4.78 is 5.51. The van der Waals surface area contributed by atoms with E-state index in [1.807, 2.05) is 30.3 Å². The quantitative estimate of drug-likeness (QED) is 0.489. The number of thiophene rings is 1. The van der Waals surface area contributed by atoms with Crippen LogP contribution >= 0.6 is 11.3 Å². The van der Waals surface area contributed by atoms with Gasteiger partial charge in [-0.3, -0.25) is 0 Å². The van der Waals surface area contributed by atoms with Crippen molar-refractivity contribution in [2.24, 2.45) is 0 Å². The molecule has 2 aromatic heterocycles. The maximum Gasteiger partial charge on any atom is 0.143 e. The fourth-order valence-corrected chi connectivity index (χ4v) is 3.98. The van der Waals surface area contributed by atoms with E-state index in [1.165, 1.54) is 10.4 Å². The molecule has 4 nitrogen and oxygen atoms in total. The summed E-state index contributed by atoms with van der Waals surface area (Å²) in [5.41, 5.74) is 3.27. The zero-order valence-electron chi connectivity index (χ0n) is 15.6. The van der Waals surface area contributed by atoms with E-state index in [4.69, 9.17) is 14.7 Å². The van der Waals surface area contributed by atoms with Crippen molar-refractivity contribution in [2.75, 3.05) is 12.4 Å². The minimum atomic E-state index is 0.702. The third-order valence-electron chi connectivity index (χ3n) is 4.38. The first-order valence-corrected chi connectivity index (χ1v) is 9.66. The minimum absolute atomic E-state index is 0.702. The van der Waals surface area contributed by atoms with E-state index in [0.29, 0.717) is 6.42 Å². The molecule has 0 bridgehead atoms. The third-order valence-corrected chi connectivity index (χ3v) is 5.32. The van der Waals surface area contributed by atoms with E-state index in [-0.39, 0.29) is 0 Å². The zero-order chi connectivity index (χ0) is 18.8. The lowest BCUT2D eigenvalue weighted by atomic mass is 10.1. The van der Waals surface area contributed by atoms with Gasteiger partial charge in [0.05, 0.1) is 18.2 Å². The van der Waals surface area contributed by atoms with Gasteiger partial charge in [0, 0.05) is 11.3 Å². The summed E-state index contributed by atoms with van der Waals surface area (Å²) in [6.45, 7) is 4.16. The van der Waals surface area contributed by atoms with Crippen molar-refractivity contribution in [1.29, 1.82) is 0 Å². The van der Waals surface area contributed by atoms with Gasteiger partial charge in [0.25, 0.3) is 0 Å². The Bertz CT molecular complexity index is 1090. The number of methoxy groups -OCH3 is 1. The lowest BCUT2D eigenvalue weighted by molar-refractivity contribution is 0.416. The van der Waals surface area contributed by atoms with Crippen molar-refractivity contribution < 1.29 is 4.74 Å². The molecule has 4 aromatic rings. The van der Waals surface area contributed by atoms with E-state index < -0.39 is 0 Å². The van der Waals surface area contributed by atoms with Crippen molar-refractivity contribution >= 4 is 33.1 Å². The number of nitrogens with one attached hydrogen (secondary N) is 1. The van der Waals surface area contributed by atoms with Crippen molar-refractivity contribution in [3.05, 3.63) is 76.4 Å². The predicted molar refractivity (Wildman–Crippen MR) is 112 cm³/mol. The Balaban J connectivity index is 1.78. The van der Waals surface area contributed by atoms with E-state index in [2.05, 4.69) is 43.4 Å². The number of benzene rings is 2. The minimum Gasteiger partial charge on any atom is -0.495 e. The van der Waals surface area contributed by atoms with Gasteiger partial charge in [-0.2, -0.15) is 0 Å². The summed E-state index contributed by atoms with van der Waals surface area (Å²) in [4.78, 5) is 11.8. The van der Waals surface area contributed by atoms with E-state index in [0.717, 1.165) is 38.9 Å². The second-order valence-electron chi connectivity index (χ2n) is 6.56. The fourth-order valence-electron chi connectivity index (χ4n) is 3.09. The normalized spacial score (nSPS) is 10.9. The first kappa shape index (κ1) is 17.5. The summed E-state index contributed by atoms with van der Waals surface area (Å²) in [5.74, 6) is 2.42. The number of rotatable bonds is 5. The van der Waals surface area contributed by atoms with Gasteiger partial charge in [0.1, 0.15) is 22.2 Å². The molecule has 0 amide bonds. The molecule has 0 fully saturated rings. The van der Waals surface area contributed by atoms with Crippen LogP contribution in [0, 0.1) is 13.8 Å². The predicted octanol–water partition coefficient (Wildman–Crippen LogP) is 5.65. The van der Waals surface area contributed by atoms with Crippen molar-refractivity contribution in [2.45, 2.75) is 20.3 Å². The summed E-state index contributed by atoms with van der Waals surface area (Å²) >= 11 is 1.69. The lowest BCUT2D eigenvalue weighted by Crippen LogP contribution is -2.03. The molecule has 1 N–H and O–H groups in total. The van der Waals surface area contributed by atoms with E-state index in [1.54, 1.807) is 18.4 Å². The number of nitrogens with zero attached hydrogens (tertiary/aromatic N) is 2. The van der Waals surface area contributed by atoms with Gasteiger partial charge in [0.15, 0.2) is 0 Å². The average Bonchev–Trinajstić information content (AvgIpc) is 3.03. The molecule has 0 radical (unpaired) electrons. The first-order chi connectivity index (χ1) is 13.1. The van der Waals surface area contributed by atoms with Gasteiger partial charge in [-0.1, -0.05) is 36.4 Å². The largest absolute Gasteiger partial charge is 0.495 e. The smallest absolute Gasteiger partial charge is 0.143 e. The highest BCUT2D eigenvalue weighted by Gasteiger charge is 2.13. The molecule has 0 atom stereocenters. The van der Waals surface area contributed by atoms with Gasteiger partial charge in [-0.15, -0.1) is 11.3 Å². The van der Waals surface area contributed by atoms with Gasteiger partial charge in [-0.25, -0.2) is 9.97 Å². The first-order valence-electron chi connectivity index (χ1n) is 8.85. The second kappa shape index (κ2) is 7.37. The van der Waals surface area contributed by atoms with Crippen LogP contribution in [-0.2, 0) is 6.42 Å². The SMILES string of the molecule is COc1ccc(C)cc1Nc1nc(Cc2ccccc2)nc2sc(C)cc12. The Morgan fingerprint density at radius 2 is 1.81 bits per heavy atom. The van der Waals surface area contributed by atoms with Crippen LogP contribution in [0.15, 0.2) is 54.6 Å². The molecule has 2 heterocycles. The van der Waals surface area contributed by atoms with Crippen LogP contribution in [0.4, 0.5) is 11.5 Å². The van der Waals surface area contributed by atoms with E-state index >= 15 is 0 Å². The standard InChI is InChI=1S/C22H21N3OS/c1-14-9-10-19(26-3)18(11-14)23-21-17-12-15(2)27-22(17)25-20(24-21)13-16-7-5-4-6-8-16/h4-12H,13H2,1-3H3,(H,23,24,25). The Morgan fingerprint density at radius 3 is 2.59 bits per heavy atom. The molecule has 0 unspecified atom stereocenters. The number of aryl methyl sites for hydroxylation is 2. The average molecular weight is 375 g/mol. The van der Waals surface area contributed by atoms with Crippen LogP contribution in [0.25, 0.3) is 10.2 Å². The number of hydrogen-bond donors (Lipinski definition) is 1. The monoisotopic (exact) mass is 375 g/mol. The van der Waals surface area contributed by atoms with Crippen LogP contribution in [0.5, 0.6) is 5.75 Å². The summed E-state index contributed by atoms with van der Waals surface area (Å²) in [5, 5.41) is 4.52. The molecule has 0 aliphatic heterocycles. The molecule has 0 saturated carbocycles. The number of fused-ring (bicyclic) bond motifs is 1. The zero-order valence-corrected chi connectivity index (χ0v) is 16.4. The van der Waals surface area contributed by atoms with Crippen molar-refractivity contribution in [3.8, 4) is 5.75 Å². The Kier molecular flexibility index (Phi) is 4.77. The van der Waals surface area contributed by atoms with Crippen molar-refractivity contribution in [3.63, 3.8) is 0 Å². The molecule has 2 aromatic carbocycles. The number of aromatic nitrogens is 2. The third kappa shape index (κ3) is 3.78. The van der Waals surface area contributed by atoms with Gasteiger partial charge in [-0.05, 0) is 43.2 Å². The highest BCUT2D eigenvalue weighted by atomic mass is 32.1. The summed E-state index contributed by atoms with van der Waals surface area (Å²) in [6.07, 6.45) is 0.702. The van der Waals surface area contributed by atoms with Gasteiger partial charge in [0.2, 0.25) is 0 Å². The van der Waals surface area contributed by atoms with E-state index in [9.17, 15) is 0 Å². The fraction of sp³-hybridized carbons (Fsp3) is 0.182. The molecule has 0 saturated heterocycles. The summed E-state index contributed by atoms with van der Waals surface area (Å²) in [7, 11) is 1.68. The molecule has 0 spiro atoms. The molecular formula is C22H21N3OS. The molecule has 0 aliphatic carbocycles. The van der Waals surface area contributed by atoms with Crippen LogP contribution in [0.3, 0.4) is 0 Å². The molecule has 5 heteroatoms. The van der Waals surface area contributed by atoms with Gasteiger partial charge >= 0.3 is 0 Å². The van der Waals surface area contributed by atoms with Crippen LogP contribution in [0.1, 0.15) is 21.8 Å². The van der Waals surface area contributed by atoms with Crippen LogP contribution in [0.2, 0.25) is 0 Å². The maximum atomic E-state index is 5.51. The molecule has 4 rings (SSSR count). The van der Waals surface area contributed by atoms with Crippen molar-refractivity contribution in [1.82, 2.24) is 9.97 Å². The number of ether oxygens (including phenoxy) is 1.